The molecule has 0 amide bonds. The fourth-order valence-corrected chi connectivity index (χ4v) is 1.98. The lowest BCUT2D eigenvalue weighted by atomic mass is 10.2. The molecule has 0 aliphatic carbocycles. The molecular weight excluding hydrogens is 286 g/mol. The summed E-state index contributed by atoms with van der Waals surface area (Å²) in [4.78, 5) is 0.276. The first-order valence-electron chi connectivity index (χ1n) is 6.52. The van der Waals surface area contributed by atoms with Gasteiger partial charge in [0.2, 0.25) is 0 Å². The lowest BCUT2D eigenvalue weighted by molar-refractivity contribution is 0.339. The van der Waals surface area contributed by atoms with Crippen molar-refractivity contribution < 1.29 is 14.2 Å². The van der Waals surface area contributed by atoms with Crippen molar-refractivity contribution in [3.05, 3.63) is 48.0 Å². The third-order valence-corrected chi connectivity index (χ3v) is 3.04. The van der Waals surface area contributed by atoms with E-state index in [1.165, 1.54) is 0 Å². The van der Waals surface area contributed by atoms with Crippen LogP contribution in [0.25, 0.3) is 0 Å². The second-order valence-electron chi connectivity index (χ2n) is 4.23. The highest BCUT2D eigenvalue weighted by Crippen LogP contribution is 2.30. The van der Waals surface area contributed by atoms with E-state index >= 15 is 0 Å². The third kappa shape index (κ3) is 3.86. The van der Waals surface area contributed by atoms with Crippen LogP contribution in [-0.2, 0) is 0 Å². The fraction of sp³-hybridized carbons (Fsp3) is 0.188. The predicted octanol–water partition coefficient (Wildman–Crippen LogP) is 3.52. The Balaban J connectivity index is 2.26. The van der Waals surface area contributed by atoms with Gasteiger partial charge < -0.3 is 19.9 Å². The minimum Gasteiger partial charge on any atom is -0.497 e. The lowest BCUT2D eigenvalue weighted by Crippen LogP contribution is -2.10. The molecule has 2 N–H and O–H groups in total. The molecule has 0 radical (unpaired) electrons. The second kappa shape index (κ2) is 6.95. The first-order valence-corrected chi connectivity index (χ1v) is 6.93. The minimum atomic E-state index is 0.276. The van der Waals surface area contributed by atoms with Crippen LogP contribution in [0, 0.1) is 0 Å². The molecule has 0 saturated carbocycles. The van der Waals surface area contributed by atoms with Gasteiger partial charge in [-0.2, -0.15) is 0 Å². The summed E-state index contributed by atoms with van der Waals surface area (Å²) in [7, 11) is 1.59. The topological polar surface area (TPSA) is 53.7 Å². The Kier molecular flexibility index (Phi) is 5.00. The molecule has 0 aliphatic rings. The van der Waals surface area contributed by atoms with Crippen molar-refractivity contribution in [3.8, 4) is 23.0 Å². The summed E-state index contributed by atoms with van der Waals surface area (Å²) >= 11 is 5.04. The van der Waals surface area contributed by atoms with Crippen molar-refractivity contribution in [1.29, 1.82) is 0 Å². The van der Waals surface area contributed by atoms with Crippen LogP contribution in [0.1, 0.15) is 12.5 Å². The van der Waals surface area contributed by atoms with Crippen LogP contribution < -0.4 is 19.9 Å². The fourth-order valence-electron chi connectivity index (χ4n) is 1.82. The smallest absolute Gasteiger partial charge is 0.141 e. The van der Waals surface area contributed by atoms with Gasteiger partial charge in [-0.1, -0.05) is 12.2 Å². The Labute approximate surface area is 129 Å². The van der Waals surface area contributed by atoms with Crippen molar-refractivity contribution in [2.75, 3.05) is 13.7 Å². The largest absolute Gasteiger partial charge is 0.497 e. The van der Waals surface area contributed by atoms with Gasteiger partial charge in [0.1, 0.15) is 28.0 Å². The Morgan fingerprint density at radius 2 is 1.67 bits per heavy atom. The van der Waals surface area contributed by atoms with Gasteiger partial charge in [0.25, 0.3) is 0 Å². The monoisotopic (exact) mass is 303 g/mol. The van der Waals surface area contributed by atoms with Crippen LogP contribution in [0.5, 0.6) is 23.0 Å². The van der Waals surface area contributed by atoms with Crippen molar-refractivity contribution in [2.24, 2.45) is 5.73 Å². The van der Waals surface area contributed by atoms with Gasteiger partial charge in [-0.05, 0) is 43.3 Å². The molecule has 0 aromatic heterocycles. The Bertz CT molecular complexity index is 626. The molecule has 2 rings (SSSR count). The van der Waals surface area contributed by atoms with Gasteiger partial charge in [0.15, 0.2) is 0 Å². The Morgan fingerprint density at radius 3 is 2.24 bits per heavy atom. The number of nitrogens with two attached hydrogens (primary N) is 1. The average Bonchev–Trinajstić information content (AvgIpc) is 2.49. The van der Waals surface area contributed by atoms with E-state index in [4.69, 9.17) is 32.2 Å². The number of benzene rings is 2. The maximum absolute atomic E-state index is 5.84. The zero-order valence-corrected chi connectivity index (χ0v) is 12.8. The molecular formula is C16H17NO3S. The quantitative estimate of drug-likeness (QED) is 0.827. The molecule has 5 heteroatoms. The molecule has 0 aliphatic heterocycles. The summed E-state index contributed by atoms with van der Waals surface area (Å²) in [6, 6.07) is 12.7. The van der Waals surface area contributed by atoms with Gasteiger partial charge in [0.05, 0.1) is 19.3 Å². The number of thiocarbonyl (C=S) groups is 1. The van der Waals surface area contributed by atoms with Crippen molar-refractivity contribution in [2.45, 2.75) is 6.92 Å². The maximum Gasteiger partial charge on any atom is 0.141 e. The molecule has 0 atom stereocenters. The number of methoxy groups -OCH3 is 1. The highest BCUT2D eigenvalue weighted by molar-refractivity contribution is 7.80. The Hall–Kier alpha value is -2.27. The van der Waals surface area contributed by atoms with Crippen LogP contribution >= 0.6 is 12.2 Å². The van der Waals surface area contributed by atoms with Crippen molar-refractivity contribution in [1.82, 2.24) is 0 Å². The zero-order chi connectivity index (χ0) is 15.2. The lowest BCUT2D eigenvalue weighted by Gasteiger charge is -2.12. The minimum absolute atomic E-state index is 0.276. The van der Waals surface area contributed by atoms with Gasteiger partial charge >= 0.3 is 0 Å². The summed E-state index contributed by atoms with van der Waals surface area (Å²) in [6.45, 7) is 2.57. The molecule has 0 saturated heterocycles. The molecule has 0 heterocycles. The molecule has 0 bridgehead atoms. The van der Waals surface area contributed by atoms with E-state index in [0.717, 1.165) is 5.75 Å². The van der Waals surface area contributed by atoms with E-state index in [9.17, 15) is 0 Å². The molecule has 21 heavy (non-hydrogen) atoms. The SMILES string of the molecule is CCOc1ccc(Oc2cc(OC)ccc2C(N)=S)cc1. The molecule has 110 valence electrons. The van der Waals surface area contributed by atoms with E-state index in [0.29, 0.717) is 29.4 Å². The Morgan fingerprint density at radius 1 is 1.05 bits per heavy atom. The number of rotatable bonds is 6. The van der Waals surface area contributed by atoms with Gasteiger partial charge in [-0.3, -0.25) is 0 Å². The van der Waals surface area contributed by atoms with E-state index in [2.05, 4.69) is 0 Å². The summed E-state index contributed by atoms with van der Waals surface area (Å²) in [5.41, 5.74) is 6.38. The summed E-state index contributed by atoms with van der Waals surface area (Å²) in [5.74, 6) is 2.70. The van der Waals surface area contributed by atoms with E-state index < -0.39 is 0 Å². The third-order valence-electron chi connectivity index (χ3n) is 2.82. The first-order chi connectivity index (χ1) is 10.1. The molecule has 0 fully saturated rings. The van der Waals surface area contributed by atoms with Crippen LogP contribution in [0.2, 0.25) is 0 Å². The summed E-state index contributed by atoms with van der Waals surface area (Å²) in [5, 5.41) is 0. The number of hydrogen-bond donors (Lipinski definition) is 1. The standard InChI is InChI=1S/C16H17NO3S/c1-3-19-11-4-6-12(7-5-11)20-15-10-13(18-2)8-9-14(15)16(17)21/h4-10H,3H2,1-2H3,(H2,17,21). The molecule has 0 unspecified atom stereocenters. The van der Waals surface area contributed by atoms with Crippen LogP contribution in [0.15, 0.2) is 42.5 Å². The summed E-state index contributed by atoms with van der Waals surface area (Å²) < 4.78 is 16.4. The van der Waals surface area contributed by atoms with E-state index in [1.807, 2.05) is 31.2 Å². The van der Waals surface area contributed by atoms with Gasteiger partial charge in [-0.15, -0.1) is 0 Å². The van der Waals surface area contributed by atoms with Crippen LogP contribution in [0.3, 0.4) is 0 Å². The van der Waals surface area contributed by atoms with Gasteiger partial charge in [0, 0.05) is 6.07 Å². The van der Waals surface area contributed by atoms with E-state index in [-0.39, 0.29) is 4.99 Å². The van der Waals surface area contributed by atoms with Crippen LogP contribution in [-0.4, -0.2) is 18.7 Å². The highest BCUT2D eigenvalue weighted by Gasteiger charge is 2.09. The predicted molar refractivity (Wildman–Crippen MR) is 86.6 cm³/mol. The number of ether oxygens (including phenoxy) is 3. The van der Waals surface area contributed by atoms with E-state index in [1.54, 1.807) is 25.3 Å². The van der Waals surface area contributed by atoms with Crippen molar-refractivity contribution in [3.63, 3.8) is 0 Å². The zero-order valence-electron chi connectivity index (χ0n) is 12.0. The van der Waals surface area contributed by atoms with Crippen LogP contribution in [0.4, 0.5) is 0 Å². The highest BCUT2D eigenvalue weighted by atomic mass is 32.1. The average molecular weight is 303 g/mol. The van der Waals surface area contributed by atoms with Crippen molar-refractivity contribution >= 4 is 17.2 Å². The normalized spacial score (nSPS) is 10.0. The molecule has 2 aromatic rings. The molecule has 0 spiro atoms. The first kappa shape index (κ1) is 15.1. The molecule has 2 aromatic carbocycles. The number of hydrogen-bond acceptors (Lipinski definition) is 4. The second-order valence-corrected chi connectivity index (χ2v) is 4.67. The summed E-state index contributed by atoms with van der Waals surface area (Å²) in [6.07, 6.45) is 0. The maximum atomic E-state index is 5.84. The molecule has 4 nitrogen and oxygen atoms in total. The van der Waals surface area contributed by atoms with Gasteiger partial charge in [-0.25, -0.2) is 0 Å².